The van der Waals surface area contributed by atoms with Crippen molar-refractivity contribution in [2.75, 3.05) is 5.32 Å². The lowest BCUT2D eigenvalue weighted by molar-refractivity contribution is -0.124. The molecule has 2 amide bonds. The summed E-state index contributed by atoms with van der Waals surface area (Å²) in [5.41, 5.74) is 2.19. The molecule has 0 bridgehead atoms. The van der Waals surface area contributed by atoms with Gasteiger partial charge in [0.05, 0.1) is 0 Å². The minimum absolute atomic E-state index is 0.252. The van der Waals surface area contributed by atoms with Crippen molar-refractivity contribution in [1.82, 2.24) is 5.32 Å². The van der Waals surface area contributed by atoms with Gasteiger partial charge in [-0.1, -0.05) is 12.1 Å². The number of rotatable bonds is 6. The minimum Gasteiger partial charge on any atom is -0.489 e. The van der Waals surface area contributed by atoms with Crippen LogP contribution in [-0.2, 0) is 16.2 Å². The van der Waals surface area contributed by atoms with Gasteiger partial charge in [-0.2, -0.15) is 0 Å². The van der Waals surface area contributed by atoms with Crippen molar-refractivity contribution in [3.63, 3.8) is 0 Å². The molecule has 1 atom stereocenters. The van der Waals surface area contributed by atoms with E-state index in [1.54, 1.807) is 37.3 Å². The quantitative estimate of drug-likeness (QED) is 0.846. The highest BCUT2D eigenvalue weighted by molar-refractivity contribution is 5.97. The lowest BCUT2D eigenvalue weighted by Crippen LogP contribution is -2.40. The number of amides is 2. The van der Waals surface area contributed by atoms with Crippen molar-refractivity contribution >= 4 is 17.5 Å². The van der Waals surface area contributed by atoms with Crippen LogP contribution in [0.5, 0.6) is 5.75 Å². The molecule has 2 rings (SSSR count). The Morgan fingerprint density at radius 1 is 1.20 bits per heavy atom. The summed E-state index contributed by atoms with van der Waals surface area (Å²) in [4.78, 5) is 23.0. The molecular formula is C19H21FN2O3. The van der Waals surface area contributed by atoms with Crippen LogP contribution >= 0.6 is 0 Å². The van der Waals surface area contributed by atoms with Crippen molar-refractivity contribution in [1.29, 1.82) is 0 Å². The van der Waals surface area contributed by atoms with Crippen LogP contribution in [0.3, 0.4) is 0 Å². The SMILES string of the molecule is CC(=O)N[C@@H](C)C(=O)Nc1ccc(OCc2cccc(F)c2)cc1C. The second kappa shape index (κ2) is 8.28. The molecule has 25 heavy (non-hydrogen) atoms. The summed E-state index contributed by atoms with van der Waals surface area (Å²) in [6.45, 7) is 5.07. The number of carbonyl (C=O) groups is 2. The van der Waals surface area contributed by atoms with Crippen LogP contribution in [0.25, 0.3) is 0 Å². The van der Waals surface area contributed by atoms with Gasteiger partial charge in [-0.15, -0.1) is 0 Å². The number of anilines is 1. The van der Waals surface area contributed by atoms with Gasteiger partial charge in [-0.3, -0.25) is 9.59 Å². The van der Waals surface area contributed by atoms with E-state index in [1.165, 1.54) is 19.1 Å². The lowest BCUT2D eigenvalue weighted by atomic mass is 10.1. The maximum Gasteiger partial charge on any atom is 0.246 e. The van der Waals surface area contributed by atoms with E-state index in [4.69, 9.17) is 4.74 Å². The number of hydrogen-bond acceptors (Lipinski definition) is 3. The van der Waals surface area contributed by atoms with Crippen LogP contribution in [0.1, 0.15) is 25.0 Å². The summed E-state index contributed by atoms with van der Waals surface area (Å²) in [5, 5.41) is 5.30. The fourth-order valence-electron chi connectivity index (χ4n) is 2.27. The Morgan fingerprint density at radius 2 is 1.96 bits per heavy atom. The molecule has 0 saturated heterocycles. The van der Waals surface area contributed by atoms with E-state index in [1.807, 2.05) is 6.92 Å². The van der Waals surface area contributed by atoms with E-state index < -0.39 is 6.04 Å². The summed E-state index contributed by atoms with van der Waals surface area (Å²) >= 11 is 0. The Hall–Kier alpha value is -2.89. The molecule has 0 aliphatic heterocycles. The standard InChI is InChI=1S/C19H21FN2O3/c1-12-9-17(25-11-15-5-4-6-16(20)10-15)7-8-18(12)22-19(24)13(2)21-14(3)23/h4-10,13H,11H2,1-3H3,(H,21,23)(H,22,24)/t13-/m0/s1. The third-order valence-electron chi connectivity index (χ3n) is 3.56. The lowest BCUT2D eigenvalue weighted by Gasteiger charge is -2.15. The van der Waals surface area contributed by atoms with Crippen LogP contribution in [-0.4, -0.2) is 17.9 Å². The van der Waals surface area contributed by atoms with Gasteiger partial charge in [0.2, 0.25) is 11.8 Å². The highest BCUT2D eigenvalue weighted by Crippen LogP contribution is 2.22. The Balaban J connectivity index is 1.98. The van der Waals surface area contributed by atoms with E-state index >= 15 is 0 Å². The van der Waals surface area contributed by atoms with E-state index in [9.17, 15) is 14.0 Å². The van der Waals surface area contributed by atoms with E-state index in [-0.39, 0.29) is 24.2 Å². The molecule has 5 nitrogen and oxygen atoms in total. The number of halogens is 1. The normalized spacial score (nSPS) is 11.5. The molecule has 2 aromatic carbocycles. The van der Waals surface area contributed by atoms with Gasteiger partial charge in [0, 0.05) is 12.6 Å². The summed E-state index contributed by atoms with van der Waals surface area (Å²) in [7, 11) is 0. The number of ether oxygens (including phenoxy) is 1. The van der Waals surface area contributed by atoms with E-state index in [2.05, 4.69) is 10.6 Å². The maximum atomic E-state index is 13.2. The molecule has 0 aromatic heterocycles. The van der Waals surface area contributed by atoms with Crippen molar-refractivity contribution in [2.24, 2.45) is 0 Å². The van der Waals surface area contributed by atoms with Crippen LogP contribution < -0.4 is 15.4 Å². The number of nitrogens with one attached hydrogen (secondary N) is 2. The smallest absolute Gasteiger partial charge is 0.246 e. The summed E-state index contributed by atoms with van der Waals surface area (Å²) in [5.74, 6) is -0.245. The number of aryl methyl sites for hydroxylation is 1. The van der Waals surface area contributed by atoms with Gasteiger partial charge in [-0.25, -0.2) is 4.39 Å². The number of carbonyl (C=O) groups excluding carboxylic acids is 2. The van der Waals surface area contributed by atoms with Gasteiger partial charge in [0.15, 0.2) is 0 Å². The predicted molar refractivity (Wildman–Crippen MR) is 93.8 cm³/mol. The average Bonchev–Trinajstić information content (AvgIpc) is 2.54. The van der Waals surface area contributed by atoms with Gasteiger partial charge in [0.1, 0.15) is 24.2 Å². The first-order valence-corrected chi connectivity index (χ1v) is 7.91. The monoisotopic (exact) mass is 344 g/mol. The highest BCUT2D eigenvalue weighted by atomic mass is 19.1. The fraction of sp³-hybridized carbons (Fsp3) is 0.263. The fourth-order valence-corrected chi connectivity index (χ4v) is 2.27. The summed E-state index contributed by atoms with van der Waals surface area (Å²) in [6, 6.07) is 10.8. The molecule has 0 fully saturated rings. The zero-order chi connectivity index (χ0) is 18.4. The van der Waals surface area contributed by atoms with Crippen LogP contribution in [0.15, 0.2) is 42.5 Å². The average molecular weight is 344 g/mol. The number of benzene rings is 2. The number of hydrogen-bond donors (Lipinski definition) is 2. The molecule has 0 heterocycles. The molecule has 0 radical (unpaired) electrons. The van der Waals surface area contributed by atoms with Crippen molar-refractivity contribution in [2.45, 2.75) is 33.4 Å². The van der Waals surface area contributed by atoms with Crippen molar-refractivity contribution < 1.29 is 18.7 Å². The highest BCUT2D eigenvalue weighted by Gasteiger charge is 2.14. The summed E-state index contributed by atoms with van der Waals surface area (Å²) < 4.78 is 18.8. The zero-order valence-corrected chi connectivity index (χ0v) is 14.4. The van der Waals surface area contributed by atoms with Crippen LogP contribution in [0, 0.1) is 12.7 Å². The molecule has 2 aromatic rings. The topological polar surface area (TPSA) is 67.4 Å². The first kappa shape index (κ1) is 18.4. The molecule has 6 heteroatoms. The molecule has 132 valence electrons. The Morgan fingerprint density at radius 3 is 2.60 bits per heavy atom. The predicted octanol–water partition coefficient (Wildman–Crippen LogP) is 3.18. The Kier molecular flexibility index (Phi) is 6.11. The molecule has 0 spiro atoms. The maximum absolute atomic E-state index is 13.2. The van der Waals surface area contributed by atoms with Gasteiger partial charge < -0.3 is 15.4 Å². The second-order valence-electron chi connectivity index (χ2n) is 5.81. The first-order chi connectivity index (χ1) is 11.8. The first-order valence-electron chi connectivity index (χ1n) is 7.91. The van der Waals surface area contributed by atoms with Gasteiger partial charge >= 0.3 is 0 Å². The third-order valence-corrected chi connectivity index (χ3v) is 3.56. The second-order valence-corrected chi connectivity index (χ2v) is 5.81. The van der Waals surface area contributed by atoms with E-state index in [0.717, 1.165) is 11.1 Å². The molecule has 0 aliphatic rings. The Labute approximate surface area is 146 Å². The third kappa shape index (κ3) is 5.60. The largest absolute Gasteiger partial charge is 0.489 e. The summed E-state index contributed by atoms with van der Waals surface area (Å²) in [6.07, 6.45) is 0. The molecular weight excluding hydrogens is 323 g/mol. The molecule has 0 aliphatic carbocycles. The minimum atomic E-state index is -0.624. The van der Waals surface area contributed by atoms with Crippen LogP contribution in [0.4, 0.5) is 10.1 Å². The zero-order valence-electron chi connectivity index (χ0n) is 14.4. The van der Waals surface area contributed by atoms with Crippen molar-refractivity contribution in [3.8, 4) is 5.75 Å². The van der Waals surface area contributed by atoms with Gasteiger partial charge in [0.25, 0.3) is 0 Å². The van der Waals surface area contributed by atoms with E-state index in [0.29, 0.717) is 11.4 Å². The van der Waals surface area contributed by atoms with Crippen LogP contribution in [0.2, 0.25) is 0 Å². The van der Waals surface area contributed by atoms with Gasteiger partial charge in [-0.05, 0) is 55.3 Å². The molecule has 0 unspecified atom stereocenters. The van der Waals surface area contributed by atoms with Crippen molar-refractivity contribution in [3.05, 3.63) is 59.4 Å². The molecule has 0 saturated carbocycles. The Bertz CT molecular complexity index is 777. The molecule has 2 N–H and O–H groups in total.